The zero-order valence-corrected chi connectivity index (χ0v) is 21.9. The number of hydrogen-bond donors (Lipinski definition) is 1. The molecular formula is C29H34N2O2Si. The molecule has 0 spiro atoms. The summed E-state index contributed by atoms with van der Waals surface area (Å²) in [5, 5.41) is 6.04. The maximum absolute atomic E-state index is 14.5. The number of carbonyl (C=O) groups is 1. The van der Waals surface area contributed by atoms with Gasteiger partial charge in [-0.15, -0.1) is 0 Å². The molecule has 1 atom stereocenters. The van der Waals surface area contributed by atoms with E-state index in [1.54, 1.807) is 0 Å². The summed E-state index contributed by atoms with van der Waals surface area (Å²) in [4.78, 5) is 14.5. The molecule has 4 rings (SSSR count). The first kappa shape index (κ1) is 24.0. The lowest BCUT2D eigenvalue weighted by Crippen LogP contribution is -2.65. The number of benzene rings is 3. The van der Waals surface area contributed by atoms with Crippen LogP contribution >= 0.6 is 0 Å². The number of hydrazone groups is 1. The Hall–Kier alpha value is -3.18. The van der Waals surface area contributed by atoms with Gasteiger partial charge >= 0.3 is 5.97 Å². The molecule has 0 aromatic heterocycles. The molecule has 1 aliphatic heterocycles. The minimum atomic E-state index is -2.07. The van der Waals surface area contributed by atoms with Crippen LogP contribution in [0, 0.1) is 0 Å². The van der Waals surface area contributed by atoms with Crippen molar-refractivity contribution in [2.24, 2.45) is 5.10 Å². The molecule has 0 saturated carbocycles. The molecule has 0 fully saturated rings. The zero-order chi connectivity index (χ0) is 24.6. The first-order valence-corrected chi connectivity index (χ1v) is 15.3. The first-order valence-electron chi connectivity index (χ1n) is 11.8. The highest BCUT2D eigenvalue weighted by molar-refractivity contribution is 7.05. The van der Waals surface area contributed by atoms with Crippen molar-refractivity contribution < 1.29 is 9.53 Å². The third-order valence-corrected chi connectivity index (χ3v) is 8.20. The molecule has 1 heterocycles. The van der Waals surface area contributed by atoms with Crippen LogP contribution in [0.25, 0.3) is 0 Å². The first-order chi connectivity index (χ1) is 16.0. The number of rotatable bonds is 5. The Kier molecular flexibility index (Phi) is 6.02. The van der Waals surface area contributed by atoms with Crippen LogP contribution in [0.2, 0.25) is 19.6 Å². The number of ether oxygens (including phenoxy) is 1. The maximum atomic E-state index is 14.5. The van der Waals surface area contributed by atoms with Crippen LogP contribution in [0.15, 0.2) is 96.1 Å². The fraction of sp³-hybridized carbons (Fsp3) is 0.310. The summed E-state index contributed by atoms with van der Waals surface area (Å²) in [6, 6.07) is 30.5. The average Bonchev–Trinajstić information content (AvgIpc) is 3.18. The third kappa shape index (κ3) is 3.78. The second kappa shape index (κ2) is 8.55. The van der Waals surface area contributed by atoms with Crippen molar-refractivity contribution in [2.45, 2.75) is 57.0 Å². The molecule has 4 nitrogen and oxygen atoms in total. The van der Waals surface area contributed by atoms with E-state index >= 15 is 0 Å². The topological polar surface area (TPSA) is 50.7 Å². The molecule has 1 N–H and O–H groups in total. The summed E-state index contributed by atoms with van der Waals surface area (Å²) in [5.41, 5.74) is 3.43. The average molecular weight is 471 g/mol. The quantitative estimate of drug-likeness (QED) is 0.365. The van der Waals surface area contributed by atoms with Crippen LogP contribution in [0.3, 0.4) is 0 Å². The summed E-state index contributed by atoms with van der Waals surface area (Å²) < 4.78 is 6.18. The van der Waals surface area contributed by atoms with E-state index in [1.807, 2.05) is 87.5 Å². The van der Waals surface area contributed by atoms with Gasteiger partial charge in [0.2, 0.25) is 0 Å². The van der Waals surface area contributed by atoms with Gasteiger partial charge in [-0.3, -0.25) is 5.43 Å². The van der Waals surface area contributed by atoms with E-state index in [0.717, 1.165) is 22.0 Å². The Morgan fingerprint density at radius 3 is 1.56 bits per heavy atom. The van der Waals surface area contributed by atoms with Crippen molar-refractivity contribution >= 4 is 19.4 Å². The van der Waals surface area contributed by atoms with Crippen LogP contribution in [0.5, 0.6) is 0 Å². The fourth-order valence-electron chi connectivity index (χ4n) is 5.11. The van der Waals surface area contributed by atoms with Gasteiger partial charge in [-0.05, 0) is 37.5 Å². The summed E-state index contributed by atoms with van der Waals surface area (Å²) in [6.45, 7) is 12.6. The van der Waals surface area contributed by atoms with Crippen LogP contribution in [-0.2, 0) is 20.5 Å². The van der Waals surface area contributed by atoms with Gasteiger partial charge in [0.1, 0.15) is 13.7 Å². The molecule has 3 aromatic rings. The van der Waals surface area contributed by atoms with Gasteiger partial charge in [-0.25, -0.2) is 4.79 Å². The predicted octanol–water partition coefficient (Wildman–Crippen LogP) is 6.05. The largest absolute Gasteiger partial charge is 0.458 e. The number of hydrogen-bond acceptors (Lipinski definition) is 4. The smallest absolute Gasteiger partial charge is 0.340 e. The molecule has 0 saturated heterocycles. The summed E-state index contributed by atoms with van der Waals surface area (Å²) >= 11 is 0. The van der Waals surface area contributed by atoms with Crippen LogP contribution in [-0.4, -0.2) is 25.0 Å². The van der Waals surface area contributed by atoms with Crippen molar-refractivity contribution in [1.82, 2.24) is 5.43 Å². The molecule has 34 heavy (non-hydrogen) atoms. The summed E-state index contributed by atoms with van der Waals surface area (Å²) in [6.07, 6.45) is 0. The lowest BCUT2D eigenvalue weighted by molar-refractivity contribution is -0.165. The van der Waals surface area contributed by atoms with Crippen molar-refractivity contribution in [3.8, 4) is 0 Å². The van der Waals surface area contributed by atoms with Crippen LogP contribution < -0.4 is 5.43 Å². The van der Waals surface area contributed by atoms with Crippen molar-refractivity contribution in [3.63, 3.8) is 0 Å². The predicted molar refractivity (Wildman–Crippen MR) is 142 cm³/mol. The maximum Gasteiger partial charge on any atom is 0.340 e. The van der Waals surface area contributed by atoms with Crippen LogP contribution in [0.4, 0.5) is 0 Å². The van der Waals surface area contributed by atoms with Crippen molar-refractivity contribution in [3.05, 3.63) is 108 Å². The van der Waals surface area contributed by atoms with E-state index in [0.29, 0.717) is 0 Å². The van der Waals surface area contributed by atoms with E-state index < -0.39 is 24.6 Å². The Morgan fingerprint density at radius 2 is 1.18 bits per heavy atom. The van der Waals surface area contributed by atoms with E-state index in [4.69, 9.17) is 9.84 Å². The molecule has 176 valence electrons. The Bertz CT molecular complexity index is 1140. The van der Waals surface area contributed by atoms with E-state index in [2.05, 4.69) is 49.3 Å². The van der Waals surface area contributed by atoms with E-state index in [1.165, 1.54) is 0 Å². The number of nitrogens with one attached hydrogen (secondary N) is 1. The molecule has 1 unspecified atom stereocenters. The third-order valence-electron chi connectivity index (χ3n) is 6.29. The van der Waals surface area contributed by atoms with Crippen molar-refractivity contribution in [1.29, 1.82) is 0 Å². The standard InChI is InChI=1S/C29H34N2O2Si/c1-27(2,3)33-26(32)29(24-20-14-9-15-21-24)28(22-16-10-7-11-17-22,23-18-12-8-13-19-23)25(30-31-29)34(4,5)6/h7-21,31H,1-6H3. The van der Waals surface area contributed by atoms with E-state index in [-0.39, 0.29) is 5.97 Å². The Balaban J connectivity index is 2.19. The highest BCUT2D eigenvalue weighted by atomic mass is 28.3. The molecule has 3 aromatic carbocycles. The van der Waals surface area contributed by atoms with E-state index in [9.17, 15) is 4.79 Å². The summed E-state index contributed by atoms with van der Waals surface area (Å²) in [5.74, 6) is -0.337. The fourth-order valence-corrected chi connectivity index (χ4v) is 7.10. The SMILES string of the molecule is CC(C)(C)OC(=O)C1(c2ccccc2)NN=C([Si](C)(C)C)C1(c1ccccc1)c1ccccc1. The van der Waals surface area contributed by atoms with Crippen molar-refractivity contribution in [2.75, 3.05) is 0 Å². The molecule has 5 heteroatoms. The Labute approximate surface area is 204 Å². The van der Waals surface area contributed by atoms with Gasteiger partial charge in [0.05, 0.1) is 5.41 Å². The minimum absolute atomic E-state index is 0.337. The molecule has 0 aliphatic carbocycles. The Morgan fingerprint density at radius 1 is 0.765 bits per heavy atom. The number of esters is 1. The van der Waals surface area contributed by atoms with Gasteiger partial charge in [-0.1, -0.05) is 111 Å². The molecule has 0 radical (unpaired) electrons. The second-order valence-electron chi connectivity index (χ2n) is 10.9. The lowest BCUT2D eigenvalue weighted by atomic mass is 9.60. The molecule has 1 aliphatic rings. The molecule has 0 amide bonds. The highest BCUT2D eigenvalue weighted by Crippen LogP contribution is 2.54. The zero-order valence-electron chi connectivity index (χ0n) is 20.9. The van der Waals surface area contributed by atoms with Gasteiger partial charge in [0.15, 0.2) is 5.54 Å². The van der Waals surface area contributed by atoms with Gasteiger partial charge in [0, 0.05) is 5.33 Å². The van der Waals surface area contributed by atoms with Gasteiger partial charge in [0.25, 0.3) is 0 Å². The number of carbonyl (C=O) groups excluding carboxylic acids is 1. The van der Waals surface area contributed by atoms with Crippen LogP contribution in [0.1, 0.15) is 37.5 Å². The highest BCUT2D eigenvalue weighted by Gasteiger charge is 2.68. The monoisotopic (exact) mass is 470 g/mol. The molecule has 0 bridgehead atoms. The molecular weight excluding hydrogens is 436 g/mol. The number of nitrogens with zero attached hydrogens (tertiary/aromatic N) is 1. The van der Waals surface area contributed by atoms with Gasteiger partial charge in [-0.2, -0.15) is 5.10 Å². The normalized spacial score (nSPS) is 19.8. The summed E-state index contributed by atoms with van der Waals surface area (Å²) in [7, 11) is -2.07. The minimum Gasteiger partial charge on any atom is -0.458 e. The van der Waals surface area contributed by atoms with Gasteiger partial charge < -0.3 is 4.74 Å². The second-order valence-corrected chi connectivity index (χ2v) is 15.9. The lowest BCUT2D eigenvalue weighted by Gasteiger charge is -2.48.